The Hall–Kier alpha value is -4.20. The summed E-state index contributed by atoms with van der Waals surface area (Å²) in [5.74, 6) is 10.9. The van der Waals surface area contributed by atoms with Gasteiger partial charge >= 0.3 is 0 Å². The van der Waals surface area contributed by atoms with Gasteiger partial charge in [0.1, 0.15) is 5.65 Å². The molecule has 1 aliphatic heterocycles. The lowest BCUT2D eigenvalue weighted by Crippen LogP contribution is -2.24. The first kappa shape index (κ1) is 29.5. The summed E-state index contributed by atoms with van der Waals surface area (Å²) >= 11 is 0. The molecule has 230 valence electrons. The van der Waals surface area contributed by atoms with Gasteiger partial charge in [-0.05, 0) is 111 Å². The van der Waals surface area contributed by atoms with Crippen LogP contribution in [0.15, 0.2) is 99.6 Å². The van der Waals surface area contributed by atoms with Crippen LogP contribution < -0.4 is 10.9 Å². The van der Waals surface area contributed by atoms with Gasteiger partial charge in [0, 0.05) is 45.7 Å². The molecule has 7 heteroatoms. The lowest BCUT2D eigenvalue weighted by Gasteiger charge is -2.21. The molecule has 5 aromatic rings. The molecule has 2 aromatic heterocycles. The van der Waals surface area contributed by atoms with E-state index in [0.717, 1.165) is 57.2 Å². The fourth-order valence-corrected chi connectivity index (χ4v) is 8.62. The van der Waals surface area contributed by atoms with Crippen molar-refractivity contribution in [1.29, 1.82) is 0 Å². The van der Waals surface area contributed by atoms with Gasteiger partial charge < -0.3 is 10.2 Å². The summed E-state index contributed by atoms with van der Waals surface area (Å²) in [5, 5.41) is 4.23. The summed E-state index contributed by atoms with van der Waals surface area (Å²) in [7, 11) is 0.434. The molecule has 0 bridgehead atoms. The van der Waals surface area contributed by atoms with Crippen molar-refractivity contribution in [3.63, 3.8) is 0 Å². The van der Waals surface area contributed by atoms with Crippen molar-refractivity contribution in [2.45, 2.75) is 48.9 Å². The summed E-state index contributed by atoms with van der Waals surface area (Å²) < 4.78 is 1.87. The minimum Gasteiger partial charge on any atom is -0.324 e. The second kappa shape index (κ2) is 12.0. The maximum Gasteiger partial charge on any atom is 0.260 e. The fourth-order valence-electron chi connectivity index (χ4n) is 6.66. The monoisotopic (exact) mass is 615 g/mol. The van der Waals surface area contributed by atoms with E-state index >= 15 is 0 Å². The molecule has 2 fully saturated rings. The van der Waals surface area contributed by atoms with Gasteiger partial charge in [0.25, 0.3) is 5.56 Å². The second-order valence-electron chi connectivity index (χ2n) is 13.0. The van der Waals surface area contributed by atoms with Gasteiger partial charge in [0.05, 0.1) is 0 Å². The molecule has 7 rings (SSSR count). The van der Waals surface area contributed by atoms with Gasteiger partial charge in [-0.2, -0.15) is 14.2 Å². The molecule has 0 radical (unpaired) electrons. The first-order valence-corrected chi connectivity index (χ1v) is 17.8. The largest absolute Gasteiger partial charge is 0.324 e. The highest BCUT2D eigenvalue weighted by atomic mass is 32.2. The Morgan fingerprint density at radius 1 is 0.933 bits per heavy atom. The Morgan fingerprint density at radius 2 is 1.71 bits per heavy atom. The molecule has 6 nitrogen and oxygen atoms in total. The van der Waals surface area contributed by atoms with Crippen molar-refractivity contribution in [2.24, 2.45) is 11.8 Å². The van der Waals surface area contributed by atoms with Crippen molar-refractivity contribution in [3.05, 3.63) is 107 Å². The maximum absolute atomic E-state index is 14.3. The van der Waals surface area contributed by atoms with Crippen LogP contribution in [0.4, 0.5) is 11.6 Å². The maximum atomic E-state index is 14.3. The zero-order valence-electron chi connectivity index (χ0n) is 26.2. The van der Waals surface area contributed by atoms with E-state index in [1.165, 1.54) is 25.1 Å². The van der Waals surface area contributed by atoms with Crippen LogP contribution >= 0.6 is 9.21 Å². The highest BCUT2D eigenvalue weighted by molar-refractivity contribution is 8.27. The number of fused-ring (bicyclic) bond motifs is 1. The SMILES string of the molecule is C=S(=C)(c1ccccc1)c1cccc(-c2cc3cnc(Nc4ccc(CC5CCN(C)C5)cc4)nc3n(CC3CC3)c2=O)c1C. The van der Waals surface area contributed by atoms with Crippen LogP contribution in [0.2, 0.25) is 0 Å². The average molecular weight is 616 g/mol. The van der Waals surface area contributed by atoms with Crippen LogP contribution in [-0.2, 0) is 13.0 Å². The summed E-state index contributed by atoms with van der Waals surface area (Å²) in [5.41, 5.74) is 5.56. The average Bonchev–Trinajstić information content (AvgIpc) is 3.78. The number of anilines is 2. The lowest BCUT2D eigenvalue weighted by molar-refractivity contribution is 0.394. The summed E-state index contributed by atoms with van der Waals surface area (Å²) in [6.45, 7) is 5.10. The topological polar surface area (TPSA) is 63.1 Å². The van der Waals surface area contributed by atoms with Gasteiger partial charge in [-0.25, -0.2) is 4.98 Å². The number of hydrogen-bond acceptors (Lipinski definition) is 5. The minimum absolute atomic E-state index is 0.0188. The molecular weight excluding hydrogens is 575 g/mol. The number of nitrogens with zero attached hydrogens (tertiary/aromatic N) is 4. The molecule has 1 saturated carbocycles. The molecule has 1 saturated heterocycles. The third-order valence-corrected chi connectivity index (χ3v) is 11.8. The third-order valence-electron chi connectivity index (χ3n) is 9.38. The second-order valence-corrected chi connectivity index (χ2v) is 15.6. The third kappa shape index (κ3) is 6.07. The van der Waals surface area contributed by atoms with E-state index < -0.39 is 9.21 Å². The van der Waals surface area contributed by atoms with E-state index in [-0.39, 0.29) is 5.56 Å². The predicted molar refractivity (Wildman–Crippen MR) is 191 cm³/mol. The number of pyridine rings is 1. The van der Waals surface area contributed by atoms with E-state index in [1.807, 2.05) is 47.2 Å². The Balaban J connectivity index is 1.22. The quantitative estimate of drug-likeness (QED) is 0.174. The molecule has 45 heavy (non-hydrogen) atoms. The molecule has 0 spiro atoms. The predicted octanol–water partition coefficient (Wildman–Crippen LogP) is 7.50. The zero-order chi connectivity index (χ0) is 31.1. The first-order chi connectivity index (χ1) is 21.8. The molecule has 0 amide bonds. The van der Waals surface area contributed by atoms with Crippen LogP contribution in [0.25, 0.3) is 22.2 Å². The number of aromatic nitrogens is 3. The van der Waals surface area contributed by atoms with Crippen LogP contribution in [0.1, 0.15) is 30.4 Å². The number of likely N-dealkylation sites (tertiary alicyclic amines) is 1. The van der Waals surface area contributed by atoms with Crippen molar-refractivity contribution >= 4 is 43.6 Å². The molecule has 1 N–H and O–H groups in total. The number of benzene rings is 3. The lowest BCUT2D eigenvalue weighted by atomic mass is 9.98. The smallest absolute Gasteiger partial charge is 0.260 e. The van der Waals surface area contributed by atoms with Crippen LogP contribution in [0, 0.1) is 18.8 Å². The van der Waals surface area contributed by atoms with Gasteiger partial charge in [-0.3, -0.25) is 9.36 Å². The summed E-state index contributed by atoms with van der Waals surface area (Å²) in [4.78, 5) is 28.4. The standard InChI is InChI=1S/C38H41N5OS/c1-26-33(11-8-12-35(26)45(3,4)32-9-6-5-7-10-32)34-22-30-23-39-38(41-36(30)43(37(34)44)25-28-13-14-28)40-31-17-15-27(16-18-31)21-29-19-20-42(2)24-29/h5-12,15-18,22-23,28-29H,3-4,13-14,19-21,24-25H2,1-2H3,(H,39,40,41). The van der Waals surface area contributed by atoms with E-state index in [2.05, 4.69) is 83.4 Å². The molecule has 1 unspecified atom stereocenters. The zero-order valence-corrected chi connectivity index (χ0v) is 27.0. The van der Waals surface area contributed by atoms with Crippen molar-refractivity contribution in [1.82, 2.24) is 19.4 Å². The number of hydrogen-bond donors (Lipinski definition) is 1. The Labute approximate surface area is 266 Å². The van der Waals surface area contributed by atoms with Gasteiger partial charge in [-0.1, -0.05) is 54.2 Å². The van der Waals surface area contributed by atoms with Crippen molar-refractivity contribution in [2.75, 3.05) is 25.5 Å². The van der Waals surface area contributed by atoms with Gasteiger partial charge in [0.15, 0.2) is 0 Å². The molecule has 2 aliphatic rings. The summed E-state index contributed by atoms with van der Waals surface area (Å²) in [6.07, 6.45) is 6.48. The highest BCUT2D eigenvalue weighted by Gasteiger charge is 2.25. The van der Waals surface area contributed by atoms with Crippen molar-refractivity contribution < 1.29 is 0 Å². The van der Waals surface area contributed by atoms with Crippen LogP contribution in [-0.4, -0.2) is 51.3 Å². The van der Waals surface area contributed by atoms with Crippen LogP contribution in [0.5, 0.6) is 0 Å². The molecule has 1 atom stereocenters. The first-order valence-electron chi connectivity index (χ1n) is 15.9. The molecule has 3 heterocycles. The Morgan fingerprint density at radius 3 is 2.42 bits per heavy atom. The number of rotatable bonds is 9. The fraction of sp³-hybridized carbons (Fsp3) is 0.289. The number of nitrogens with one attached hydrogen (secondary N) is 1. The van der Waals surface area contributed by atoms with E-state index in [4.69, 9.17) is 4.98 Å². The minimum atomic E-state index is -1.76. The Kier molecular flexibility index (Phi) is 7.84. The van der Waals surface area contributed by atoms with Gasteiger partial charge in [-0.15, -0.1) is 0 Å². The molecular formula is C38H41N5OS. The van der Waals surface area contributed by atoms with Crippen LogP contribution in [0.3, 0.4) is 0 Å². The highest BCUT2D eigenvalue weighted by Crippen LogP contribution is 2.44. The van der Waals surface area contributed by atoms with Crippen molar-refractivity contribution in [3.8, 4) is 11.1 Å². The Bertz CT molecular complexity index is 2030. The normalized spacial score (nSPS) is 17.2. The summed E-state index contributed by atoms with van der Waals surface area (Å²) in [6, 6.07) is 26.9. The van der Waals surface area contributed by atoms with E-state index in [9.17, 15) is 4.79 Å². The van der Waals surface area contributed by atoms with E-state index in [0.29, 0.717) is 29.6 Å². The van der Waals surface area contributed by atoms with E-state index in [1.54, 1.807) is 0 Å². The van der Waals surface area contributed by atoms with Gasteiger partial charge in [0.2, 0.25) is 5.95 Å². The molecule has 3 aromatic carbocycles. The molecule has 1 aliphatic carbocycles.